The zero-order valence-corrected chi connectivity index (χ0v) is 17.8. The van der Waals surface area contributed by atoms with Gasteiger partial charge in [-0.1, -0.05) is 23.5 Å². The molecule has 0 radical (unpaired) electrons. The monoisotopic (exact) mass is 449 g/mol. The highest BCUT2D eigenvalue weighted by Gasteiger charge is 2.18. The second-order valence-corrected chi connectivity index (χ2v) is 8.11. The summed E-state index contributed by atoms with van der Waals surface area (Å²) >= 11 is 1.27. The van der Waals surface area contributed by atoms with Gasteiger partial charge >= 0.3 is 5.97 Å². The third-order valence-electron chi connectivity index (χ3n) is 4.93. The lowest BCUT2D eigenvalue weighted by molar-refractivity contribution is -0.112. The summed E-state index contributed by atoms with van der Waals surface area (Å²) in [5, 5.41) is 30.4. The number of hydrogen-bond acceptors (Lipinski definition) is 8. The van der Waals surface area contributed by atoms with E-state index in [2.05, 4.69) is 20.4 Å². The number of carbonyl (C=O) groups is 2. The fourth-order valence-electron chi connectivity index (χ4n) is 3.33. The quantitative estimate of drug-likeness (QED) is 0.426. The number of aromatic nitrogens is 2. The van der Waals surface area contributed by atoms with Crippen LogP contribution in [0.1, 0.15) is 35.4 Å². The Morgan fingerprint density at radius 3 is 2.75 bits per heavy atom. The molecule has 0 bridgehead atoms. The summed E-state index contributed by atoms with van der Waals surface area (Å²) in [7, 11) is 0. The lowest BCUT2D eigenvalue weighted by Crippen LogP contribution is -2.29. The second-order valence-electron chi connectivity index (χ2n) is 7.15. The topological polar surface area (TPSA) is 132 Å². The zero-order valence-electron chi connectivity index (χ0n) is 16.9. The molecule has 3 heterocycles. The van der Waals surface area contributed by atoms with Crippen LogP contribution in [-0.2, 0) is 4.79 Å². The number of piperidine rings is 1. The first-order valence-electron chi connectivity index (χ1n) is 9.98. The van der Waals surface area contributed by atoms with Gasteiger partial charge in [0, 0.05) is 24.7 Å². The Hall–Kier alpha value is -3.97. The van der Waals surface area contributed by atoms with Gasteiger partial charge in [0.1, 0.15) is 23.2 Å². The minimum atomic E-state index is -1.04. The predicted octanol–water partition coefficient (Wildman–Crippen LogP) is 4.03. The molecule has 2 aromatic heterocycles. The van der Waals surface area contributed by atoms with E-state index in [0.29, 0.717) is 22.2 Å². The second kappa shape index (κ2) is 9.45. The number of furan rings is 1. The number of nitriles is 1. The molecule has 4 rings (SSSR count). The highest BCUT2D eigenvalue weighted by atomic mass is 32.1. The molecule has 0 saturated carbocycles. The average molecular weight is 449 g/mol. The van der Waals surface area contributed by atoms with E-state index in [1.54, 1.807) is 24.3 Å². The summed E-state index contributed by atoms with van der Waals surface area (Å²) in [6.45, 7) is 1.84. The Bertz CT molecular complexity index is 1220. The molecule has 0 atom stereocenters. The fraction of sp³-hybridized carbons (Fsp3) is 0.227. The normalized spacial score (nSPS) is 14.1. The van der Waals surface area contributed by atoms with Gasteiger partial charge in [0.05, 0.1) is 5.56 Å². The molecule has 2 N–H and O–H groups in total. The third kappa shape index (κ3) is 4.84. The van der Waals surface area contributed by atoms with Crippen LogP contribution in [-0.4, -0.2) is 40.3 Å². The summed E-state index contributed by atoms with van der Waals surface area (Å²) in [6.07, 6.45) is 4.74. The Morgan fingerprint density at radius 1 is 1.19 bits per heavy atom. The van der Waals surface area contributed by atoms with Gasteiger partial charge in [0.15, 0.2) is 0 Å². The third-order valence-corrected chi connectivity index (χ3v) is 5.83. The lowest BCUT2D eigenvalue weighted by atomic mass is 10.1. The van der Waals surface area contributed by atoms with Crippen LogP contribution >= 0.6 is 11.3 Å². The van der Waals surface area contributed by atoms with E-state index in [1.165, 1.54) is 36.0 Å². The molecule has 3 aromatic rings. The van der Waals surface area contributed by atoms with Crippen molar-refractivity contribution in [2.24, 2.45) is 0 Å². The van der Waals surface area contributed by atoms with E-state index in [-0.39, 0.29) is 11.1 Å². The number of hydrogen-bond donors (Lipinski definition) is 2. The molecule has 10 heteroatoms. The number of carbonyl (C=O) groups excluding carboxylic acids is 1. The van der Waals surface area contributed by atoms with E-state index >= 15 is 0 Å². The maximum atomic E-state index is 12.5. The molecule has 1 aromatic carbocycles. The van der Waals surface area contributed by atoms with Crippen LogP contribution in [0, 0.1) is 11.3 Å². The van der Waals surface area contributed by atoms with Crippen molar-refractivity contribution >= 4 is 39.6 Å². The molecule has 0 spiro atoms. The molecule has 0 aliphatic carbocycles. The minimum Gasteiger partial charge on any atom is -0.478 e. The van der Waals surface area contributed by atoms with E-state index in [4.69, 9.17) is 9.52 Å². The first-order chi connectivity index (χ1) is 15.5. The van der Waals surface area contributed by atoms with E-state index in [1.807, 2.05) is 6.07 Å². The van der Waals surface area contributed by atoms with Gasteiger partial charge in [0.25, 0.3) is 5.91 Å². The Morgan fingerprint density at radius 2 is 2.00 bits per heavy atom. The van der Waals surface area contributed by atoms with Crippen molar-refractivity contribution in [3.05, 3.63) is 53.3 Å². The van der Waals surface area contributed by atoms with Gasteiger partial charge in [-0.3, -0.25) is 10.1 Å². The summed E-state index contributed by atoms with van der Waals surface area (Å²) < 4.78 is 5.69. The minimum absolute atomic E-state index is 0.133. The van der Waals surface area contributed by atoms with E-state index < -0.39 is 11.9 Å². The van der Waals surface area contributed by atoms with Crippen molar-refractivity contribution < 1.29 is 19.1 Å². The fourth-order valence-corrected chi connectivity index (χ4v) is 4.12. The molecule has 9 nitrogen and oxygen atoms in total. The molecule has 1 aliphatic rings. The number of anilines is 2. The predicted molar refractivity (Wildman–Crippen MR) is 119 cm³/mol. The summed E-state index contributed by atoms with van der Waals surface area (Å²) in [6, 6.07) is 11.4. The van der Waals surface area contributed by atoms with Crippen molar-refractivity contribution in [3.63, 3.8) is 0 Å². The molecule has 32 heavy (non-hydrogen) atoms. The first-order valence-corrected chi connectivity index (χ1v) is 10.8. The summed E-state index contributed by atoms with van der Waals surface area (Å²) in [5.41, 5.74) is 0.556. The number of nitrogens with zero attached hydrogens (tertiary/aromatic N) is 4. The van der Waals surface area contributed by atoms with Gasteiger partial charge < -0.3 is 14.4 Å². The largest absolute Gasteiger partial charge is 0.478 e. The molecule has 0 unspecified atom stereocenters. The van der Waals surface area contributed by atoms with E-state index in [9.17, 15) is 14.9 Å². The smallest absolute Gasteiger partial charge is 0.335 e. The van der Waals surface area contributed by atoms with Crippen LogP contribution in [0.4, 0.5) is 10.3 Å². The Kier molecular flexibility index (Phi) is 6.28. The van der Waals surface area contributed by atoms with Gasteiger partial charge in [-0.15, -0.1) is 10.2 Å². The van der Waals surface area contributed by atoms with Crippen molar-refractivity contribution in [1.82, 2.24) is 10.2 Å². The molecular formula is C22H19N5O4S. The van der Waals surface area contributed by atoms with E-state index in [0.717, 1.165) is 31.1 Å². The average Bonchev–Trinajstić information content (AvgIpc) is 3.48. The van der Waals surface area contributed by atoms with Crippen LogP contribution in [0.2, 0.25) is 0 Å². The summed E-state index contributed by atoms with van der Waals surface area (Å²) in [4.78, 5) is 25.8. The maximum absolute atomic E-state index is 12.5. The number of rotatable bonds is 6. The Balaban J connectivity index is 1.47. The molecule has 1 fully saturated rings. The van der Waals surface area contributed by atoms with Gasteiger partial charge in [-0.25, -0.2) is 4.79 Å². The molecular weight excluding hydrogens is 430 g/mol. The van der Waals surface area contributed by atoms with Crippen molar-refractivity contribution in [1.29, 1.82) is 5.26 Å². The summed E-state index contributed by atoms with van der Waals surface area (Å²) in [5.74, 6) is -0.937. The molecule has 162 valence electrons. The molecule has 1 saturated heterocycles. The van der Waals surface area contributed by atoms with Crippen molar-refractivity contribution in [3.8, 4) is 17.4 Å². The highest BCUT2D eigenvalue weighted by Crippen LogP contribution is 2.27. The number of carboxylic acid groups (broad SMARTS) is 1. The van der Waals surface area contributed by atoms with Gasteiger partial charge in [-0.2, -0.15) is 5.26 Å². The lowest BCUT2D eigenvalue weighted by Gasteiger charge is -2.25. The SMILES string of the molecule is N#CC(=Cc1ccc(-c2cccc(C(=O)O)c2)o1)C(=O)Nc1nnc(N2CCCCC2)s1. The van der Waals surface area contributed by atoms with Gasteiger partial charge in [0.2, 0.25) is 10.3 Å². The maximum Gasteiger partial charge on any atom is 0.335 e. The van der Waals surface area contributed by atoms with Crippen LogP contribution < -0.4 is 10.2 Å². The number of amides is 1. The number of carboxylic acids is 1. The first kappa shape index (κ1) is 21.3. The van der Waals surface area contributed by atoms with Gasteiger partial charge in [-0.05, 0) is 43.5 Å². The van der Waals surface area contributed by atoms with Crippen LogP contribution in [0.25, 0.3) is 17.4 Å². The zero-order chi connectivity index (χ0) is 22.5. The van der Waals surface area contributed by atoms with Crippen LogP contribution in [0.15, 0.2) is 46.4 Å². The highest BCUT2D eigenvalue weighted by molar-refractivity contribution is 7.19. The van der Waals surface area contributed by atoms with Crippen LogP contribution in [0.3, 0.4) is 0 Å². The Labute approximate surface area is 187 Å². The molecule has 1 aliphatic heterocycles. The number of benzene rings is 1. The van der Waals surface area contributed by atoms with Crippen molar-refractivity contribution in [2.45, 2.75) is 19.3 Å². The number of aromatic carboxylic acids is 1. The number of nitrogens with one attached hydrogen (secondary N) is 1. The standard InChI is InChI=1S/C22H19N5O4S/c23-13-16(19(28)24-21-25-26-22(32-21)27-9-2-1-3-10-27)12-17-7-8-18(31-17)14-5-4-6-15(11-14)20(29)30/h4-8,11-12H,1-3,9-10H2,(H,29,30)(H,24,25,28). The molecule has 1 amide bonds. The van der Waals surface area contributed by atoms with Crippen molar-refractivity contribution in [2.75, 3.05) is 23.3 Å². The van der Waals surface area contributed by atoms with Crippen LogP contribution in [0.5, 0.6) is 0 Å².